The molecule has 3 aliphatic rings. The molecule has 0 spiro atoms. The van der Waals surface area contributed by atoms with Gasteiger partial charge in [-0.25, -0.2) is 4.79 Å². The van der Waals surface area contributed by atoms with Crippen molar-refractivity contribution in [2.24, 2.45) is 11.7 Å². The summed E-state index contributed by atoms with van der Waals surface area (Å²) in [6.07, 6.45) is 6.89. The summed E-state index contributed by atoms with van der Waals surface area (Å²) in [7, 11) is 1.41. The fraction of sp³-hybridized carbons (Fsp3) is 0.679. The lowest BCUT2D eigenvalue weighted by Gasteiger charge is -2.33. The Labute approximate surface area is 214 Å². The maximum atomic E-state index is 12.8. The first-order valence-electron chi connectivity index (χ1n) is 13.2. The SMILES string of the molecule is CC(C)C(N)=O.COC(=O)c1ccccc1C1CCN(C(=O)CC(C)OCC23CCC(CC2)O3)CC1. The molecule has 3 fully saturated rings. The Morgan fingerprint density at radius 1 is 1.08 bits per heavy atom. The van der Waals surface area contributed by atoms with Gasteiger partial charge in [0.1, 0.15) is 0 Å². The van der Waals surface area contributed by atoms with Gasteiger partial charge < -0.3 is 24.8 Å². The number of ether oxygens (including phenoxy) is 3. The molecule has 8 nitrogen and oxygen atoms in total. The van der Waals surface area contributed by atoms with Crippen molar-refractivity contribution in [2.45, 2.75) is 89.4 Å². The van der Waals surface area contributed by atoms with Gasteiger partial charge in [-0.15, -0.1) is 0 Å². The second-order valence-corrected chi connectivity index (χ2v) is 10.6. The van der Waals surface area contributed by atoms with E-state index < -0.39 is 0 Å². The predicted octanol–water partition coefficient (Wildman–Crippen LogP) is 3.81. The number of carbonyl (C=O) groups excluding carboxylic acids is 3. The number of benzene rings is 1. The van der Waals surface area contributed by atoms with E-state index in [1.807, 2.05) is 36.1 Å². The summed E-state index contributed by atoms with van der Waals surface area (Å²) >= 11 is 0. The lowest BCUT2D eigenvalue weighted by Crippen LogP contribution is -2.40. The Bertz CT molecular complexity index is 901. The number of hydrogen-bond acceptors (Lipinski definition) is 6. The third-order valence-corrected chi connectivity index (χ3v) is 7.58. The van der Waals surface area contributed by atoms with Crippen LogP contribution in [0.25, 0.3) is 0 Å². The minimum Gasteiger partial charge on any atom is -0.465 e. The lowest BCUT2D eigenvalue weighted by atomic mass is 9.86. The number of primary amides is 1. The third-order valence-electron chi connectivity index (χ3n) is 7.58. The average Bonchev–Trinajstić information content (AvgIpc) is 3.49. The van der Waals surface area contributed by atoms with E-state index in [-0.39, 0.29) is 41.3 Å². The molecule has 1 atom stereocenters. The summed E-state index contributed by atoms with van der Waals surface area (Å²) in [6.45, 7) is 7.53. The minimum absolute atomic E-state index is 0.00926. The molecule has 2 amide bonds. The van der Waals surface area contributed by atoms with Gasteiger partial charge in [0.15, 0.2) is 0 Å². The van der Waals surface area contributed by atoms with Gasteiger partial charge in [0.05, 0.1) is 43.5 Å². The van der Waals surface area contributed by atoms with E-state index >= 15 is 0 Å². The quantitative estimate of drug-likeness (QED) is 0.542. The van der Waals surface area contributed by atoms with E-state index in [2.05, 4.69) is 0 Å². The predicted molar refractivity (Wildman–Crippen MR) is 136 cm³/mol. The van der Waals surface area contributed by atoms with Crippen LogP contribution in [-0.4, -0.2) is 67.3 Å². The molecule has 0 aromatic heterocycles. The Hall–Kier alpha value is -2.45. The van der Waals surface area contributed by atoms with Gasteiger partial charge in [0, 0.05) is 19.0 Å². The summed E-state index contributed by atoms with van der Waals surface area (Å²) in [5, 5.41) is 0. The Balaban J connectivity index is 0.000000538. The largest absolute Gasteiger partial charge is 0.465 e. The Morgan fingerprint density at radius 2 is 1.69 bits per heavy atom. The van der Waals surface area contributed by atoms with Crippen LogP contribution in [0, 0.1) is 5.92 Å². The summed E-state index contributed by atoms with van der Waals surface area (Å²) in [5.74, 6) is -0.127. The van der Waals surface area contributed by atoms with Crippen molar-refractivity contribution >= 4 is 17.8 Å². The van der Waals surface area contributed by atoms with Gasteiger partial charge >= 0.3 is 5.97 Å². The average molecular weight is 503 g/mol. The van der Waals surface area contributed by atoms with Crippen molar-refractivity contribution in [1.82, 2.24) is 4.90 Å². The number of methoxy groups -OCH3 is 1. The highest BCUT2D eigenvalue weighted by Gasteiger charge is 2.46. The molecule has 0 radical (unpaired) electrons. The second-order valence-electron chi connectivity index (χ2n) is 10.6. The highest BCUT2D eigenvalue weighted by molar-refractivity contribution is 5.91. The summed E-state index contributed by atoms with van der Waals surface area (Å²) < 4.78 is 17.0. The van der Waals surface area contributed by atoms with Crippen LogP contribution in [0.3, 0.4) is 0 Å². The molecule has 1 aromatic carbocycles. The maximum Gasteiger partial charge on any atom is 0.338 e. The number of carbonyl (C=O) groups is 3. The summed E-state index contributed by atoms with van der Waals surface area (Å²) in [5.41, 5.74) is 6.37. The molecular weight excluding hydrogens is 460 g/mol. The van der Waals surface area contributed by atoms with Gasteiger partial charge in [-0.2, -0.15) is 0 Å². The number of nitrogens with zero attached hydrogens (tertiary/aromatic N) is 1. The third kappa shape index (κ3) is 7.29. The van der Waals surface area contributed by atoms with Crippen molar-refractivity contribution in [3.8, 4) is 0 Å². The molecule has 1 unspecified atom stereocenters. The molecule has 2 bridgehead atoms. The normalized spacial score (nSPS) is 24.2. The number of piperidine rings is 1. The van der Waals surface area contributed by atoms with E-state index in [1.165, 1.54) is 7.11 Å². The molecule has 1 aromatic rings. The molecule has 0 saturated carbocycles. The topological polar surface area (TPSA) is 108 Å². The number of hydrogen-bond donors (Lipinski definition) is 1. The van der Waals surface area contributed by atoms with Crippen LogP contribution in [0.4, 0.5) is 0 Å². The molecule has 8 heteroatoms. The standard InChI is InChI=1S/C24H33NO5.C4H9NO/c1-17(29-16-24-11-7-19(30-24)8-12-24)15-22(26)25-13-9-18(10-14-25)20-5-3-4-6-21(20)23(27)28-2;1-3(2)4(5)6/h3-6,17-19H,7-16H2,1-2H3;3H,1-2H3,(H2,5,6). The van der Waals surface area contributed by atoms with E-state index in [4.69, 9.17) is 19.9 Å². The van der Waals surface area contributed by atoms with Gasteiger partial charge in [0.2, 0.25) is 11.8 Å². The molecule has 3 aliphatic heterocycles. The zero-order valence-electron chi connectivity index (χ0n) is 22.2. The molecule has 0 aliphatic carbocycles. The van der Waals surface area contributed by atoms with Crippen molar-refractivity contribution < 1.29 is 28.6 Å². The zero-order valence-corrected chi connectivity index (χ0v) is 22.2. The smallest absolute Gasteiger partial charge is 0.338 e. The van der Waals surface area contributed by atoms with E-state index in [9.17, 15) is 14.4 Å². The molecule has 3 saturated heterocycles. The number of amides is 2. The molecule has 200 valence electrons. The summed E-state index contributed by atoms with van der Waals surface area (Å²) in [6, 6.07) is 7.64. The van der Waals surface area contributed by atoms with Crippen molar-refractivity contribution in [3.63, 3.8) is 0 Å². The first-order chi connectivity index (χ1) is 17.1. The second kappa shape index (κ2) is 12.7. The van der Waals surface area contributed by atoms with Crippen LogP contribution < -0.4 is 5.73 Å². The van der Waals surface area contributed by atoms with E-state index in [0.29, 0.717) is 37.8 Å². The first kappa shape index (κ1) is 28.1. The highest BCUT2D eigenvalue weighted by atomic mass is 16.6. The molecule has 4 rings (SSSR count). The molecular formula is C28H42N2O6. The van der Waals surface area contributed by atoms with Crippen LogP contribution in [0.1, 0.15) is 87.6 Å². The number of nitrogens with two attached hydrogens (primary N) is 1. The number of fused-ring (bicyclic) bond motifs is 2. The van der Waals surface area contributed by atoms with Gasteiger partial charge in [0.25, 0.3) is 0 Å². The molecule has 2 N–H and O–H groups in total. The number of likely N-dealkylation sites (tertiary alicyclic amines) is 1. The Morgan fingerprint density at radius 3 is 2.22 bits per heavy atom. The molecule has 36 heavy (non-hydrogen) atoms. The van der Waals surface area contributed by atoms with Gasteiger partial charge in [-0.05, 0) is 63.0 Å². The zero-order chi connectivity index (χ0) is 26.3. The number of rotatable bonds is 8. The minimum atomic E-state index is -0.297. The van der Waals surface area contributed by atoms with Crippen molar-refractivity contribution in [2.75, 3.05) is 26.8 Å². The van der Waals surface area contributed by atoms with E-state index in [1.54, 1.807) is 13.8 Å². The van der Waals surface area contributed by atoms with E-state index in [0.717, 1.165) is 44.1 Å². The number of esters is 1. The van der Waals surface area contributed by atoms with Crippen molar-refractivity contribution in [1.29, 1.82) is 0 Å². The molecule has 3 heterocycles. The fourth-order valence-corrected chi connectivity index (χ4v) is 5.20. The van der Waals surface area contributed by atoms with Crippen LogP contribution in [-0.2, 0) is 23.8 Å². The summed E-state index contributed by atoms with van der Waals surface area (Å²) in [4.78, 5) is 36.7. The van der Waals surface area contributed by atoms with Crippen LogP contribution >= 0.6 is 0 Å². The van der Waals surface area contributed by atoms with Crippen LogP contribution in [0.15, 0.2) is 24.3 Å². The van der Waals surface area contributed by atoms with Crippen LogP contribution in [0.5, 0.6) is 0 Å². The lowest BCUT2D eigenvalue weighted by molar-refractivity contribution is -0.137. The van der Waals surface area contributed by atoms with Crippen molar-refractivity contribution in [3.05, 3.63) is 35.4 Å². The Kier molecular flexibility index (Phi) is 9.91. The van der Waals surface area contributed by atoms with Gasteiger partial charge in [-0.1, -0.05) is 32.0 Å². The monoisotopic (exact) mass is 502 g/mol. The van der Waals surface area contributed by atoms with Crippen LogP contribution in [0.2, 0.25) is 0 Å². The maximum absolute atomic E-state index is 12.8. The first-order valence-corrected chi connectivity index (χ1v) is 13.2. The fourth-order valence-electron chi connectivity index (χ4n) is 5.20. The van der Waals surface area contributed by atoms with Gasteiger partial charge in [-0.3, -0.25) is 9.59 Å². The highest BCUT2D eigenvalue weighted by Crippen LogP contribution is 2.43.